The number of amides is 1. The molecule has 4 rings (SSSR count). The Morgan fingerprint density at radius 2 is 1.57 bits per heavy atom. The van der Waals surface area contributed by atoms with E-state index in [4.69, 9.17) is 11.6 Å². The third kappa shape index (κ3) is 2.61. The van der Waals surface area contributed by atoms with Crippen LogP contribution in [0.2, 0.25) is 0 Å². The van der Waals surface area contributed by atoms with E-state index in [2.05, 4.69) is 24.3 Å². The average molecular weight is 346 g/mol. The molecule has 118 valence electrons. The molecule has 0 aromatic heterocycles. The van der Waals surface area contributed by atoms with E-state index in [9.17, 15) is 4.79 Å². The standard InChI is InChI=1S/C19H17ClNO.ClH/c20-9-10-21(11-12-21)19(22)18-13-14-5-1-2-6-15(14)16-7-3-4-8-17(16)18;/h1-8,13H,9-12H2;1H/q+1;/p-1. The highest BCUT2D eigenvalue weighted by Gasteiger charge is 2.50. The van der Waals surface area contributed by atoms with Gasteiger partial charge in [-0.15, -0.1) is 11.6 Å². The summed E-state index contributed by atoms with van der Waals surface area (Å²) in [5, 5.41) is 4.51. The Balaban J connectivity index is 0.00000156. The molecule has 0 N–H and O–H groups in total. The largest absolute Gasteiger partial charge is 1.00 e. The molecule has 3 aromatic carbocycles. The number of carbonyl (C=O) groups excluding carboxylic acids is 1. The molecule has 1 aliphatic heterocycles. The lowest BCUT2D eigenvalue weighted by Gasteiger charge is -2.16. The van der Waals surface area contributed by atoms with E-state index < -0.39 is 0 Å². The zero-order chi connectivity index (χ0) is 15.2. The molecule has 0 atom stereocenters. The van der Waals surface area contributed by atoms with Crippen molar-refractivity contribution in [3.05, 3.63) is 60.2 Å². The van der Waals surface area contributed by atoms with E-state index in [0.29, 0.717) is 10.4 Å². The number of rotatable bonds is 3. The first-order valence-corrected chi connectivity index (χ1v) is 8.16. The van der Waals surface area contributed by atoms with E-state index in [-0.39, 0.29) is 18.3 Å². The van der Waals surface area contributed by atoms with Gasteiger partial charge < -0.3 is 12.4 Å². The number of hydrogen-bond acceptors (Lipinski definition) is 1. The summed E-state index contributed by atoms with van der Waals surface area (Å²) < 4.78 is 0.506. The first-order chi connectivity index (χ1) is 10.7. The van der Waals surface area contributed by atoms with Gasteiger partial charge in [0.05, 0.1) is 18.0 Å². The third-order valence-electron chi connectivity index (χ3n) is 4.71. The topological polar surface area (TPSA) is 17.1 Å². The van der Waals surface area contributed by atoms with Crippen molar-refractivity contribution in [2.75, 3.05) is 25.5 Å². The number of carbonyl (C=O) groups is 1. The quantitative estimate of drug-likeness (QED) is 0.302. The summed E-state index contributed by atoms with van der Waals surface area (Å²) in [5.41, 5.74) is 0.830. The van der Waals surface area contributed by atoms with Crippen molar-refractivity contribution in [2.45, 2.75) is 0 Å². The predicted octanol–water partition coefficient (Wildman–Crippen LogP) is 1.21. The third-order valence-corrected chi connectivity index (χ3v) is 4.87. The highest BCUT2D eigenvalue weighted by molar-refractivity contribution is 6.18. The van der Waals surface area contributed by atoms with E-state index in [0.717, 1.165) is 41.4 Å². The lowest BCUT2D eigenvalue weighted by Crippen LogP contribution is -3.00. The van der Waals surface area contributed by atoms with Gasteiger partial charge in [0.15, 0.2) is 0 Å². The Morgan fingerprint density at radius 1 is 0.957 bits per heavy atom. The number of alkyl halides is 1. The molecule has 0 saturated carbocycles. The van der Waals surface area contributed by atoms with E-state index >= 15 is 0 Å². The second kappa shape index (κ2) is 6.12. The normalized spacial score (nSPS) is 15.3. The van der Waals surface area contributed by atoms with Crippen LogP contribution < -0.4 is 12.4 Å². The van der Waals surface area contributed by atoms with Crippen LogP contribution in [0.15, 0.2) is 54.6 Å². The number of quaternary nitrogens is 1. The van der Waals surface area contributed by atoms with Crippen LogP contribution in [0, 0.1) is 0 Å². The zero-order valence-electron chi connectivity index (χ0n) is 12.6. The Kier molecular flexibility index (Phi) is 4.33. The smallest absolute Gasteiger partial charge is 0.346 e. The Hall–Kier alpha value is -1.61. The van der Waals surface area contributed by atoms with Crippen molar-refractivity contribution in [3.8, 4) is 0 Å². The van der Waals surface area contributed by atoms with Crippen LogP contribution >= 0.6 is 11.6 Å². The molecule has 1 aliphatic rings. The van der Waals surface area contributed by atoms with Crippen LogP contribution in [0.4, 0.5) is 0 Å². The maximum absolute atomic E-state index is 13.1. The highest BCUT2D eigenvalue weighted by atomic mass is 35.5. The van der Waals surface area contributed by atoms with Gasteiger partial charge in [0.1, 0.15) is 13.1 Å². The SMILES string of the molecule is O=C(c1cc2ccccc2c2ccccc12)[N+]1(CCCl)CC1.[Cl-]. The second-order valence-corrected chi connectivity index (χ2v) is 6.38. The summed E-state index contributed by atoms with van der Waals surface area (Å²) in [6.07, 6.45) is 0. The summed E-state index contributed by atoms with van der Waals surface area (Å²) in [6.45, 7) is 2.54. The molecule has 1 fully saturated rings. The average Bonchev–Trinajstić information content (AvgIpc) is 3.35. The van der Waals surface area contributed by atoms with Gasteiger partial charge in [-0.3, -0.25) is 0 Å². The van der Waals surface area contributed by atoms with Gasteiger partial charge in [-0.2, -0.15) is 0 Å². The molecular formula is C19H17Cl2NO. The molecule has 0 unspecified atom stereocenters. The minimum Gasteiger partial charge on any atom is -1.00 e. The monoisotopic (exact) mass is 345 g/mol. The first-order valence-electron chi connectivity index (χ1n) is 7.63. The van der Waals surface area contributed by atoms with Gasteiger partial charge >= 0.3 is 5.91 Å². The van der Waals surface area contributed by atoms with Crippen molar-refractivity contribution in [2.24, 2.45) is 0 Å². The highest BCUT2D eigenvalue weighted by Crippen LogP contribution is 2.33. The van der Waals surface area contributed by atoms with Crippen LogP contribution in [-0.4, -0.2) is 35.9 Å². The fourth-order valence-corrected chi connectivity index (χ4v) is 3.62. The number of benzene rings is 3. The van der Waals surface area contributed by atoms with Crippen LogP contribution in [0.5, 0.6) is 0 Å². The molecule has 2 nitrogen and oxygen atoms in total. The maximum atomic E-state index is 13.1. The predicted molar refractivity (Wildman–Crippen MR) is 91.4 cm³/mol. The molecule has 3 aromatic rings. The van der Waals surface area contributed by atoms with Crippen molar-refractivity contribution in [1.82, 2.24) is 0 Å². The lowest BCUT2D eigenvalue weighted by molar-refractivity contribution is -0.707. The van der Waals surface area contributed by atoms with Crippen molar-refractivity contribution >= 4 is 39.1 Å². The van der Waals surface area contributed by atoms with Crippen molar-refractivity contribution in [1.29, 1.82) is 0 Å². The second-order valence-electron chi connectivity index (χ2n) is 6.00. The van der Waals surface area contributed by atoms with Crippen molar-refractivity contribution < 1.29 is 21.7 Å². The van der Waals surface area contributed by atoms with Gasteiger partial charge in [0, 0.05) is 0 Å². The number of halogens is 2. The molecule has 0 radical (unpaired) electrons. The fourth-order valence-electron chi connectivity index (χ4n) is 3.30. The molecule has 1 amide bonds. The summed E-state index contributed by atoms with van der Waals surface area (Å²) in [4.78, 5) is 13.1. The van der Waals surface area contributed by atoms with Gasteiger partial charge in [0.25, 0.3) is 0 Å². The lowest BCUT2D eigenvalue weighted by atomic mass is 9.96. The minimum atomic E-state index is 0. The molecule has 0 spiro atoms. The number of nitrogens with zero attached hydrogens (tertiary/aromatic N) is 1. The molecule has 1 heterocycles. The fraction of sp³-hybridized carbons (Fsp3) is 0.211. The molecule has 4 heteroatoms. The molecular weight excluding hydrogens is 329 g/mol. The maximum Gasteiger partial charge on any atom is 0.346 e. The van der Waals surface area contributed by atoms with E-state index in [1.54, 1.807) is 0 Å². The van der Waals surface area contributed by atoms with Gasteiger partial charge in [-0.05, 0) is 27.6 Å². The zero-order valence-corrected chi connectivity index (χ0v) is 14.1. The van der Waals surface area contributed by atoms with Crippen LogP contribution in [0.25, 0.3) is 21.5 Å². The molecule has 1 saturated heterocycles. The van der Waals surface area contributed by atoms with Crippen LogP contribution in [-0.2, 0) is 0 Å². The first kappa shape index (κ1) is 16.3. The summed E-state index contributed by atoms with van der Waals surface area (Å²) >= 11 is 5.90. The Morgan fingerprint density at radius 3 is 2.22 bits per heavy atom. The molecule has 0 aliphatic carbocycles. The summed E-state index contributed by atoms with van der Waals surface area (Å²) in [7, 11) is 0. The van der Waals surface area contributed by atoms with Gasteiger partial charge in [0.2, 0.25) is 0 Å². The van der Waals surface area contributed by atoms with E-state index in [1.807, 2.05) is 30.3 Å². The van der Waals surface area contributed by atoms with Gasteiger partial charge in [-0.1, -0.05) is 48.5 Å². The summed E-state index contributed by atoms with van der Waals surface area (Å²) in [6, 6.07) is 18.5. The minimum absolute atomic E-state index is 0. The Labute approximate surface area is 146 Å². The molecule has 0 bridgehead atoms. The number of hydrogen-bond donors (Lipinski definition) is 0. The summed E-state index contributed by atoms with van der Waals surface area (Å²) in [5.74, 6) is 0.736. The van der Waals surface area contributed by atoms with Crippen LogP contribution in [0.1, 0.15) is 10.4 Å². The number of fused-ring (bicyclic) bond motifs is 3. The van der Waals surface area contributed by atoms with Crippen molar-refractivity contribution in [3.63, 3.8) is 0 Å². The van der Waals surface area contributed by atoms with Gasteiger partial charge in [-0.25, -0.2) is 9.28 Å². The Bertz CT molecular complexity index is 887. The van der Waals surface area contributed by atoms with Crippen LogP contribution in [0.3, 0.4) is 0 Å². The van der Waals surface area contributed by atoms with E-state index in [1.165, 1.54) is 5.39 Å². The molecule has 23 heavy (non-hydrogen) atoms.